The Bertz CT molecular complexity index is 2640. The summed E-state index contributed by atoms with van der Waals surface area (Å²) in [6.45, 7) is 3.61. The molecular weight excluding hydrogens is 986 g/mol. The van der Waals surface area contributed by atoms with Crippen LogP contribution in [-0.4, -0.2) is 182 Å². The molecule has 0 aliphatic carbocycles. The fourth-order valence-electron chi connectivity index (χ4n) is 9.25. The van der Waals surface area contributed by atoms with Crippen molar-refractivity contribution in [3.05, 3.63) is 64.8 Å². The number of aromatic nitrogens is 1. The number of imide groups is 2. The third kappa shape index (κ3) is 12.7. The van der Waals surface area contributed by atoms with Crippen LogP contribution in [0.15, 0.2) is 42.5 Å². The number of anilines is 1. The Hall–Kier alpha value is -6.41. The van der Waals surface area contributed by atoms with Crippen molar-refractivity contribution < 1.29 is 75.3 Å². The Labute approximate surface area is 417 Å². The normalized spacial score (nSPS) is 21.3. The predicted octanol–water partition coefficient (Wildman–Crippen LogP) is 0.950. The minimum atomic E-state index is -5.39. The first kappa shape index (κ1) is 54.4. The summed E-state index contributed by atoms with van der Waals surface area (Å²) in [5.74, 6) is -4.06. The molecule has 0 saturated carbocycles. The molecule has 4 aliphatic rings. The number of H-pyrrole nitrogens is 1. The van der Waals surface area contributed by atoms with E-state index in [9.17, 15) is 47.8 Å². The van der Waals surface area contributed by atoms with Crippen molar-refractivity contribution in [1.82, 2.24) is 41.0 Å². The number of amides is 9. The standard InChI is InChI=1S/C46H59F2N10O14P/c1-2-72-73(67,68)46(47,48)28-6-8-31-27(24-28)25-33(53-31)39(60)54-34-26-56(16-12-29-7-9-35(57(29)43(34)64)40(61)51-13-14-52-45(49)66)17-19-70-21-23-71-22-20-69-18-15-50-32-5-3-4-30-38(32)44(65)58(42(30)63)36-10-11-37(59)55-41(36)62/h3-6,8,24-25,29,34-36,50,53H,2,7,9-23,26H2,1H3,(H,51,61)(H,54,60)(H,67,68)(H3,49,52,66)(H,55,59,62)/t29-,34+,35+,36?/m1/s1. The molecule has 5 atom stereocenters. The summed E-state index contributed by atoms with van der Waals surface area (Å²) in [4.78, 5) is 120. The molecule has 0 radical (unpaired) electrons. The van der Waals surface area contributed by atoms with Crippen LogP contribution in [0.1, 0.15) is 75.8 Å². The van der Waals surface area contributed by atoms with E-state index in [-0.39, 0.29) is 106 Å². The number of carbonyl (C=O) groups excluding carboxylic acids is 8. The Kier molecular flexibility index (Phi) is 17.9. The highest BCUT2D eigenvalue weighted by Gasteiger charge is 2.53. The summed E-state index contributed by atoms with van der Waals surface area (Å²) in [6, 6.07) is 5.01. The van der Waals surface area contributed by atoms with E-state index in [1.807, 2.05) is 4.90 Å². The second kappa shape index (κ2) is 24.1. The maximum atomic E-state index is 15.1. The number of rotatable bonds is 24. The predicted molar refractivity (Wildman–Crippen MR) is 254 cm³/mol. The maximum Gasteiger partial charge on any atom is 0.401 e. The van der Waals surface area contributed by atoms with E-state index in [1.165, 1.54) is 30.0 Å². The molecule has 5 heterocycles. The molecule has 24 nitrogen and oxygen atoms in total. The Morgan fingerprint density at radius 3 is 2.34 bits per heavy atom. The van der Waals surface area contributed by atoms with E-state index in [1.54, 1.807) is 12.1 Å². The van der Waals surface area contributed by atoms with E-state index in [0.717, 1.165) is 17.0 Å². The summed E-state index contributed by atoms with van der Waals surface area (Å²) >= 11 is 0. The van der Waals surface area contributed by atoms with Crippen molar-refractivity contribution in [1.29, 1.82) is 0 Å². The van der Waals surface area contributed by atoms with Crippen molar-refractivity contribution in [2.24, 2.45) is 5.73 Å². The zero-order chi connectivity index (χ0) is 52.5. The van der Waals surface area contributed by atoms with E-state index < -0.39 is 90.9 Å². The first-order chi connectivity index (χ1) is 34.9. The van der Waals surface area contributed by atoms with Gasteiger partial charge >= 0.3 is 19.3 Å². The van der Waals surface area contributed by atoms with Gasteiger partial charge in [0.2, 0.25) is 23.6 Å². The van der Waals surface area contributed by atoms with Gasteiger partial charge in [-0.3, -0.25) is 53.2 Å². The van der Waals surface area contributed by atoms with Crippen LogP contribution in [0.4, 0.5) is 19.3 Å². The minimum absolute atomic E-state index is 0.0163. The smallest absolute Gasteiger partial charge is 0.382 e. The molecule has 0 bridgehead atoms. The quantitative estimate of drug-likeness (QED) is 0.0352. The van der Waals surface area contributed by atoms with Crippen LogP contribution in [-0.2, 0) is 48.1 Å². The van der Waals surface area contributed by atoms with E-state index in [0.29, 0.717) is 44.6 Å². The molecule has 3 saturated heterocycles. The van der Waals surface area contributed by atoms with E-state index in [4.69, 9.17) is 19.9 Å². The maximum absolute atomic E-state index is 15.1. The number of nitrogens with one attached hydrogen (secondary N) is 6. The van der Waals surface area contributed by atoms with Crippen LogP contribution in [0.3, 0.4) is 0 Å². The van der Waals surface area contributed by atoms with Crippen LogP contribution < -0.4 is 32.3 Å². The fraction of sp³-hybridized carbons (Fsp3) is 0.522. The molecular formula is C46H59F2N10O14P. The molecule has 396 valence electrons. The van der Waals surface area contributed by atoms with Gasteiger partial charge < -0.3 is 60.5 Å². The zero-order valence-electron chi connectivity index (χ0n) is 40.0. The SMILES string of the molecule is CCOP(=O)(O)C(F)(F)c1ccc2[nH]c(C(=O)N[C@H]3CN(CCOCCOCCOCCNc4cccc5c4C(=O)N(C4CCC(=O)NC4=O)C5=O)CC[C@H]4CC[C@@H](C(=O)NCCNC(N)=O)N4C3=O)cc2c1. The van der Waals surface area contributed by atoms with Crippen molar-refractivity contribution >= 4 is 71.6 Å². The number of hydrogen-bond acceptors (Lipinski definition) is 15. The number of carbonyl (C=O) groups is 8. The number of nitrogens with zero attached hydrogens (tertiary/aromatic N) is 3. The van der Waals surface area contributed by atoms with Gasteiger partial charge in [-0.1, -0.05) is 12.1 Å². The lowest BCUT2D eigenvalue weighted by Crippen LogP contribution is -2.61. The van der Waals surface area contributed by atoms with Gasteiger partial charge in [0.1, 0.15) is 23.8 Å². The zero-order valence-corrected chi connectivity index (χ0v) is 40.8. The van der Waals surface area contributed by atoms with Crippen LogP contribution in [0.5, 0.6) is 0 Å². The number of halogens is 2. The van der Waals surface area contributed by atoms with Gasteiger partial charge in [0.05, 0.1) is 57.4 Å². The fourth-order valence-corrected chi connectivity index (χ4v) is 10.2. The molecule has 7 rings (SSSR count). The summed E-state index contributed by atoms with van der Waals surface area (Å²) in [6.07, 6.45) is 1.45. The number of ether oxygens (including phenoxy) is 3. The summed E-state index contributed by atoms with van der Waals surface area (Å²) < 4.78 is 64.1. The highest BCUT2D eigenvalue weighted by molar-refractivity contribution is 7.53. The third-order valence-electron chi connectivity index (χ3n) is 12.8. The number of nitrogens with two attached hydrogens (primary N) is 1. The second-order valence-electron chi connectivity index (χ2n) is 17.6. The first-order valence-electron chi connectivity index (χ1n) is 23.9. The van der Waals surface area contributed by atoms with Crippen molar-refractivity contribution in [3.63, 3.8) is 0 Å². The van der Waals surface area contributed by atoms with Crippen molar-refractivity contribution in [2.75, 3.05) is 90.8 Å². The lowest BCUT2D eigenvalue weighted by atomic mass is 10.0. The Balaban J connectivity index is 0.880. The molecule has 3 aromatic rings. The van der Waals surface area contributed by atoms with Crippen LogP contribution in [0, 0.1) is 0 Å². The number of piperidine rings is 1. The van der Waals surface area contributed by atoms with Crippen LogP contribution in [0.25, 0.3) is 10.9 Å². The van der Waals surface area contributed by atoms with Crippen LogP contribution in [0.2, 0.25) is 0 Å². The molecule has 27 heteroatoms. The third-order valence-corrected chi connectivity index (χ3v) is 14.4. The van der Waals surface area contributed by atoms with Gasteiger partial charge in [-0.25, -0.2) is 4.79 Å². The largest absolute Gasteiger partial charge is 0.401 e. The average molecular weight is 1050 g/mol. The molecule has 9 amide bonds. The highest BCUT2D eigenvalue weighted by atomic mass is 31.2. The average Bonchev–Trinajstić information content (AvgIpc) is 4.05. The van der Waals surface area contributed by atoms with Crippen molar-refractivity contribution in [2.45, 2.75) is 68.9 Å². The second-order valence-corrected chi connectivity index (χ2v) is 19.5. The van der Waals surface area contributed by atoms with E-state index in [2.05, 4.69) is 36.1 Å². The Morgan fingerprint density at radius 2 is 1.62 bits per heavy atom. The van der Waals surface area contributed by atoms with E-state index >= 15 is 8.78 Å². The minimum Gasteiger partial charge on any atom is -0.382 e. The number of fused-ring (bicyclic) bond motifs is 3. The van der Waals surface area contributed by atoms with Gasteiger partial charge in [-0.2, -0.15) is 8.78 Å². The molecule has 9 N–H and O–H groups in total. The molecule has 2 aromatic carbocycles. The summed E-state index contributed by atoms with van der Waals surface area (Å²) in [7, 11) is -5.39. The molecule has 3 fully saturated rings. The Morgan fingerprint density at radius 1 is 0.890 bits per heavy atom. The molecule has 1 aromatic heterocycles. The van der Waals surface area contributed by atoms with Gasteiger partial charge in [0.25, 0.3) is 17.7 Å². The lowest BCUT2D eigenvalue weighted by Gasteiger charge is -2.38. The molecule has 0 spiro atoms. The summed E-state index contributed by atoms with van der Waals surface area (Å²) in [5.41, 5.74) is 0.972. The molecule has 73 heavy (non-hydrogen) atoms. The molecule has 2 unspecified atom stereocenters. The topological polar surface area (TPSA) is 322 Å². The number of alkyl halides is 2. The number of benzene rings is 2. The van der Waals surface area contributed by atoms with Gasteiger partial charge in [-0.15, -0.1) is 0 Å². The highest BCUT2D eigenvalue weighted by Crippen LogP contribution is 2.63. The van der Waals surface area contributed by atoms with Gasteiger partial charge in [0.15, 0.2) is 0 Å². The number of hydrogen-bond donors (Lipinski definition) is 8. The van der Waals surface area contributed by atoms with Crippen molar-refractivity contribution in [3.8, 4) is 0 Å². The monoisotopic (exact) mass is 1040 g/mol. The number of urea groups is 1. The number of aromatic amines is 1. The number of primary amides is 1. The van der Waals surface area contributed by atoms with Crippen LogP contribution >= 0.6 is 7.60 Å². The first-order valence-corrected chi connectivity index (χ1v) is 25.5. The van der Waals surface area contributed by atoms with Gasteiger partial charge in [0, 0.05) is 73.9 Å². The lowest BCUT2D eigenvalue weighted by molar-refractivity contribution is -0.143. The summed E-state index contributed by atoms with van der Waals surface area (Å²) in [5, 5.41) is 13.3. The molecule has 4 aliphatic heterocycles. The van der Waals surface area contributed by atoms with Gasteiger partial charge in [-0.05, 0) is 62.9 Å².